The molecule has 2 aromatic rings. The summed E-state index contributed by atoms with van der Waals surface area (Å²) in [5.74, 6) is -0.544. The highest BCUT2D eigenvalue weighted by atomic mass is 32.2. The lowest BCUT2D eigenvalue weighted by molar-refractivity contribution is -0.139. The molecule has 1 atom stereocenters. The van der Waals surface area contributed by atoms with E-state index in [9.17, 15) is 26.4 Å². The van der Waals surface area contributed by atoms with Crippen molar-refractivity contribution in [3.8, 4) is 0 Å². The molecule has 174 valence electrons. The van der Waals surface area contributed by atoms with E-state index in [0.29, 0.717) is 17.2 Å². The Kier molecular flexibility index (Phi) is 7.26. The second-order valence-electron chi connectivity index (χ2n) is 7.98. The van der Waals surface area contributed by atoms with Gasteiger partial charge in [0, 0.05) is 17.3 Å². The number of amides is 1. The van der Waals surface area contributed by atoms with Gasteiger partial charge in [-0.25, -0.2) is 13.1 Å². The minimum atomic E-state index is -4.93. The molecule has 1 amide bonds. The topological polar surface area (TPSA) is 87.3 Å². The first-order valence-electron chi connectivity index (χ1n) is 10.3. The maximum atomic E-state index is 13.8. The average molecular weight is 470 g/mol. The van der Waals surface area contributed by atoms with Gasteiger partial charge < -0.3 is 10.6 Å². The standard InChI is InChI=1S/C22H26F3N3O3S/c1-14-5-3-4-6-18(14)21(29)27-17-7-8-20(19(13-17)22(23,24)25)32(30,31)28-15(2)16-9-11-26-12-10-16/h3-8,13,15-16,26,28H,9-12H2,1-2H3,(H,27,29)/t15-/m1/s1. The van der Waals surface area contributed by atoms with Gasteiger partial charge in [0.05, 0.1) is 10.5 Å². The number of nitrogens with one attached hydrogen (secondary N) is 3. The molecule has 3 rings (SSSR count). The van der Waals surface area contributed by atoms with Crippen molar-refractivity contribution in [2.24, 2.45) is 5.92 Å². The summed E-state index contributed by atoms with van der Waals surface area (Å²) in [5.41, 5.74) is -0.493. The van der Waals surface area contributed by atoms with Crippen LogP contribution in [0.3, 0.4) is 0 Å². The highest BCUT2D eigenvalue weighted by molar-refractivity contribution is 7.89. The first kappa shape index (κ1) is 24.2. The molecule has 1 aliphatic rings. The van der Waals surface area contributed by atoms with Crippen molar-refractivity contribution in [1.29, 1.82) is 0 Å². The summed E-state index contributed by atoms with van der Waals surface area (Å²) < 4.78 is 69.4. The van der Waals surface area contributed by atoms with Crippen LogP contribution in [0.25, 0.3) is 0 Å². The number of sulfonamides is 1. The van der Waals surface area contributed by atoms with Gasteiger partial charge in [-0.1, -0.05) is 18.2 Å². The van der Waals surface area contributed by atoms with Crippen molar-refractivity contribution in [3.05, 3.63) is 59.2 Å². The van der Waals surface area contributed by atoms with E-state index < -0.39 is 38.6 Å². The van der Waals surface area contributed by atoms with Crippen LogP contribution in [-0.4, -0.2) is 33.5 Å². The zero-order valence-electron chi connectivity index (χ0n) is 17.8. The molecule has 6 nitrogen and oxygen atoms in total. The zero-order chi connectivity index (χ0) is 23.5. The molecule has 3 N–H and O–H groups in total. The molecule has 0 saturated carbocycles. The Morgan fingerprint density at radius 1 is 1.12 bits per heavy atom. The van der Waals surface area contributed by atoms with Crippen molar-refractivity contribution < 1.29 is 26.4 Å². The van der Waals surface area contributed by atoms with Crippen molar-refractivity contribution in [2.75, 3.05) is 18.4 Å². The number of benzene rings is 2. The molecule has 1 fully saturated rings. The van der Waals surface area contributed by atoms with E-state index in [1.165, 1.54) is 0 Å². The van der Waals surface area contributed by atoms with Crippen LogP contribution in [0.15, 0.2) is 47.4 Å². The van der Waals surface area contributed by atoms with Gasteiger partial charge in [-0.2, -0.15) is 13.2 Å². The number of hydrogen-bond acceptors (Lipinski definition) is 4. The predicted octanol–water partition coefficient (Wildman–Crippen LogP) is 3.93. The van der Waals surface area contributed by atoms with E-state index >= 15 is 0 Å². The Bertz CT molecular complexity index is 1080. The van der Waals surface area contributed by atoms with Crippen LogP contribution in [0.1, 0.15) is 41.3 Å². The van der Waals surface area contributed by atoms with Crippen LogP contribution in [-0.2, 0) is 16.2 Å². The molecule has 1 aliphatic heterocycles. The van der Waals surface area contributed by atoms with Crippen molar-refractivity contribution in [2.45, 2.75) is 43.8 Å². The molecule has 0 unspecified atom stereocenters. The molecular weight excluding hydrogens is 443 g/mol. The van der Waals surface area contributed by atoms with E-state index in [1.54, 1.807) is 38.1 Å². The Morgan fingerprint density at radius 3 is 2.41 bits per heavy atom. The van der Waals surface area contributed by atoms with Gasteiger partial charge in [-0.15, -0.1) is 0 Å². The predicted molar refractivity (Wildman–Crippen MR) is 116 cm³/mol. The minimum Gasteiger partial charge on any atom is -0.322 e. The monoisotopic (exact) mass is 469 g/mol. The lowest BCUT2D eigenvalue weighted by Gasteiger charge is -2.29. The third-order valence-electron chi connectivity index (χ3n) is 5.65. The second kappa shape index (κ2) is 9.60. The van der Waals surface area contributed by atoms with E-state index in [4.69, 9.17) is 0 Å². The van der Waals surface area contributed by atoms with Crippen LogP contribution in [0.5, 0.6) is 0 Å². The molecule has 32 heavy (non-hydrogen) atoms. The van der Waals surface area contributed by atoms with Gasteiger partial charge in [0.25, 0.3) is 5.91 Å². The summed E-state index contributed by atoms with van der Waals surface area (Å²) in [6, 6.07) is 8.84. The zero-order valence-corrected chi connectivity index (χ0v) is 18.6. The van der Waals surface area contributed by atoms with Gasteiger partial charge in [0.1, 0.15) is 0 Å². The highest BCUT2D eigenvalue weighted by Crippen LogP contribution is 2.36. The van der Waals surface area contributed by atoms with E-state index in [0.717, 1.165) is 38.1 Å². The fourth-order valence-electron chi connectivity index (χ4n) is 3.84. The third-order valence-corrected chi connectivity index (χ3v) is 7.27. The van der Waals surface area contributed by atoms with Crippen molar-refractivity contribution in [1.82, 2.24) is 10.0 Å². The Hall–Kier alpha value is -2.43. The molecule has 0 aliphatic carbocycles. The van der Waals surface area contributed by atoms with Gasteiger partial charge in [-0.3, -0.25) is 4.79 Å². The fourth-order valence-corrected chi connectivity index (χ4v) is 5.36. The number of piperidine rings is 1. The van der Waals surface area contributed by atoms with Crippen molar-refractivity contribution in [3.63, 3.8) is 0 Å². The van der Waals surface area contributed by atoms with Crippen LogP contribution in [0.2, 0.25) is 0 Å². The lowest BCUT2D eigenvalue weighted by atomic mass is 9.92. The maximum Gasteiger partial charge on any atom is 0.417 e. The lowest BCUT2D eigenvalue weighted by Crippen LogP contribution is -2.42. The SMILES string of the molecule is Cc1ccccc1C(=O)Nc1ccc(S(=O)(=O)N[C@H](C)C2CCNCC2)c(C(F)(F)F)c1. The van der Waals surface area contributed by atoms with Crippen molar-refractivity contribution >= 4 is 21.6 Å². The number of rotatable bonds is 6. The normalized spacial score (nSPS) is 16.5. The minimum absolute atomic E-state index is 0.0352. The smallest absolute Gasteiger partial charge is 0.322 e. The van der Waals surface area contributed by atoms with Gasteiger partial charge >= 0.3 is 6.18 Å². The molecule has 1 heterocycles. The van der Waals surface area contributed by atoms with Gasteiger partial charge in [0.15, 0.2) is 0 Å². The molecule has 0 spiro atoms. The van der Waals surface area contributed by atoms with E-state index in [1.807, 2.05) is 0 Å². The summed E-state index contributed by atoms with van der Waals surface area (Å²) in [7, 11) is -4.43. The molecule has 0 bridgehead atoms. The van der Waals surface area contributed by atoms with Crippen LogP contribution in [0.4, 0.5) is 18.9 Å². The summed E-state index contributed by atoms with van der Waals surface area (Å²) in [5, 5.41) is 5.59. The van der Waals surface area contributed by atoms with E-state index in [2.05, 4.69) is 15.4 Å². The maximum absolute atomic E-state index is 13.8. The Morgan fingerprint density at radius 2 is 1.78 bits per heavy atom. The fraction of sp³-hybridized carbons (Fsp3) is 0.409. The van der Waals surface area contributed by atoms with Crippen LogP contribution >= 0.6 is 0 Å². The highest BCUT2D eigenvalue weighted by Gasteiger charge is 2.38. The molecule has 0 radical (unpaired) electrons. The van der Waals surface area contributed by atoms with Crippen LogP contribution < -0.4 is 15.4 Å². The summed E-state index contributed by atoms with van der Waals surface area (Å²) in [6.07, 6.45) is -3.45. The number of hydrogen-bond donors (Lipinski definition) is 3. The molecule has 2 aromatic carbocycles. The number of aryl methyl sites for hydroxylation is 1. The quantitative estimate of drug-likeness (QED) is 0.598. The summed E-state index contributed by atoms with van der Waals surface area (Å²) in [4.78, 5) is 11.6. The number of carbonyl (C=O) groups excluding carboxylic acids is 1. The Balaban J connectivity index is 1.88. The van der Waals surface area contributed by atoms with Gasteiger partial charge in [-0.05, 0) is 75.5 Å². The summed E-state index contributed by atoms with van der Waals surface area (Å²) >= 11 is 0. The second-order valence-corrected chi connectivity index (χ2v) is 9.66. The van der Waals surface area contributed by atoms with Crippen LogP contribution in [0, 0.1) is 12.8 Å². The number of anilines is 1. The molecular formula is C22H26F3N3O3S. The first-order valence-corrected chi connectivity index (χ1v) is 11.8. The Labute approximate surface area is 185 Å². The number of halogens is 3. The third kappa shape index (κ3) is 5.67. The number of carbonyl (C=O) groups is 1. The first-order chi connectivity index (χ1) is 15.0. The molecule has 1 saturated heterocycles. The number of alkyl halides is 3. The van der Waals surface area contributed by atoms with E-state index in [-0.39, 0.29) is 11.6 Å². The summed E-state index contributed by atoms with van der Waals surface area (Å²) in [6.45, 7) is 4.85. The van der Waals surface area contributed by atoms with Gasteiger partial charge in [0.2, 0.25) is 10.0 Å². The molecule has 0 aromatic heterocycles. The molecule has 10 heteroatoms. The average Bonchev–Trinajstić information content (AvgIpc) is 2.73. The largest absolute Gasteiger partial charge is 0.417 e.